The maximum atomic E-state index is 12.0. The van der Waals surface area contributed by atoms with Crippen molar-refractivity contribution in [2.45, 2.75) is 33.4 Å². The molecule has 2 amide bonds. The van der Waals surface area contributed by atoms with Crippen LogP contribution in [0.15, 0.2) is 24.3 Å². The largest absolute Gasteiger partial charge is 0.354 e. The maximum absolute atomic E-state index is 12.0. The van der Waals surface area contributed by atoms with Gasteiger partial charge >= 0.3 is 0 Å². The molecule has 5 heteroatoms. The molecule has 0 fully saturated rings. The van der Waals surface area contributed by atoms with Gasteiger partial charge in [0.25, 0.3) is 5.91 Å². The fourth-order valence-corrected chi connectivity index (χ4v) is 1.64. The van der Waals surface area contributed by atoms with Crippen LogP contribution in [0.3, 0.4) is 0 Å². The SMILES string of the molecule is CC(C)CNC(=O)C(C)NC(=O)c1cccc(CN)c1. The predicted molar refractivity (Wildman–Crippen MR) is 79.1 cm³/mol. The van der Waals surface area contributed by atoms with Crippen molar-refractivity contribution in [2.75, 3.05) is 6.54 Å². The van der Waals surface area contributed by atoms with Gasteiger partial charge in [-0.2, -0.15) is 0 Å². The second-order valence-corrected chi connectivity index (χ2v) is 5.24. The molecule has 4 N–H and O–H groups in total. The van der Waals surface area contributed by atoms with Crippen LogP contribution < -0.4 is 16.4 Å². The van der Waals surface area contributed by atoms with E-state index in [2.05, 4.69) is 10.6 Å². The predicted octanol–water partition coefficient (Wildman–Crippen LogP) is 1.04. The molecule has 5 nitrogen and oxygen atoms in total. The molecule has 0 bridgehead atoms. The Morgan fingerprint density at radius 1 is 1.25 bits per heavy atom. The van der Waals surface area contributed by atoms with Gasteiger partial charge < -0.3 is 16.4 Å². The van der Waals surface area contributed by atoms with E-state index in [9.17, 15) is 9.59 Å². The molecular formula is C15H23N3O2. The first-order valence-electron chi connectivity index (χ1n) is 6.81. The van der Waals surface area contributed by atoms with E-state index in [-0.39, 0.29) is 11.8 Å². The van der Waals surface area contributed by atoms with Gasteiger partial charge in [0, 0.05) is 18.7 Å². The third-order valence-corrected chi connectivity index (χ3v) is 2.85. The highest BCUT2D eigenvalue weighted by Crippen LogP contribution is 2.05. The summed E-state index contributed by atoms with van der Waals surface area (Å²) in [5.74, 6) is -0.0717. The summed E-state index contributed by atoms with van der Waals surface area (Å²) >= 11 is 0. The summed E-state index contributed by atoms with van der Waals surface area (Å²) in [6.07, 6.45) is 0. The fourth-order valence-electron chi connectivity index (χ4n) is 1.64. The summed E-state index contributed by atoms with van der Waals surface area (Å²) in [7, 11) is 0. The van der Waals surface area contributed by atoms with Crippen LogP contribution in [0.2, 0.25) is 0 Å². The van der Waals surface area contributed by atoms with Gasteiger partial charge in [0.2, 0.25) is 5.91 Å². The minimum absolute atomic E-state index is 0.179. The van der Waals surface area contributed by atoms with Crippen LogP contribution in [0.1, 0.15) is 36.7 Å². The van der Waals surface area contributed by atoms with Crippen molar-refractivity contribution in [3.8, 4) is 0 Å². The number of benzene rings is 1. The topological polar surface area (TPSA) is 84.2 Å². The van der Waals surface area contributed by atoms with E-state index in [1.54, 1.807) is 25.1 Å². The van der Waals surface area contributed by atoms with Crippen LogP contribution in [0.25, 0.3) is 0 Å². The number of nitrogens with two attached hydrogens (primary N) is 1. The maximum Gasteiger partial charge on any atom is 0.251 e. The third kappa shape index (κ3) is 5.01. The molecule has 0 saturated carbocycles. The van der Waals surface area contributed by atoms with E-state index < -0.39 is 6.04 Å². The van der Waals surface area contributed by atoms with Crippen LogP contribution in [0, 0.1) is 5.92 Å². The van der Waals surface area contributed by atoms with E-state index in [0.717, 1.165) is 5.56 Å². The Kier molecular flexibility index (Phi) is 6.18. The first-order chi connectivity index (χ1) is 9.43. The lowest BCUT2D eigenvalue weighted by Gasteiger charge is -2.15. The zero-order valence-corrected chi connectivity index (χ0v) is 12.3. The minimum Gasteiger partial charge on any atom is -0.354 e. The second-order valence-electron chi connectivity index (χ2n) is 5.24. The minimum atomic E-state index is -0.567. The monoisotopic (exact) mass is 277 g/mol. The van der Waals surface area contributed by atoms with Crippen molar-refractivity contribution in [3.05, 3.63) is 35.4 Å². The van der Waals surface area contributed by atoms with Crippen molar-refractivity contribution >= 4 is 11.8 Å². The molecule has 0 aliphatic rings. The van der Waals surface area contributed by atoms with E-state index in [1.807, 2.05) is 19.9 Å². The number of nitrogens with one attached hydrogen (secondary N) is 2. The molecule has 1 aromatic rings. The van der Waals surface area contributed by atoms with Gasteiger partial charge in [0.1, 0.15) is 6.04 Å². The van der Waals surface area contributed by atoms with Gasteiger partial charge in [0.05, 0.1) is 0 Å². The summed E-state index contributed by atoms with van der Waals surface area (Å²) < 4.78 is 0. The van der Waals surface area contributed by atoms with Crippen LogP contribution in [-0.2, 0) is 11.3 Å². The lowest BCUT2D eigenvalue weighted by Crippen LogP contribution is -2.45. The molecule has 0 saturated heterocycles. The standard InChI is InChI=1S/C15H23N3O2/c1-10(2)9-17-14(19)11(3)18-15(20)13-6-4-5-12(7-13)8-16/h4-7,10-11H,8-9,16H2,1-3H3,(H,17,19)(H,18,20). The highest BCUT2D eigenvalue weighted by atomic mass is 16.2. The van der Waals surface area contributed by atoms with Gasteiger partial charge in [-0.3, -0.25) is 9.59 Å². The number of carbonyl (C=O) groups is 2. The van der Waals surface area contributed by atoms with Crippen molar-refractivity contribution in [1.29, 1.82) is 0 Å². The van der Waals surface area contributed by atoms with Gasteiger partial charge in [-0.25, -0.2) is 0 Å². The number of rotatable bonds is 6. The van der Waals surface area contributed by atoms with Gasteiger partial charge in [-0.05, 0) is 30.5 Å². The summed E-state index contributed by atoms with van der Waals surface area (Å²) in [5.41, 5.74) is 6.93. The molecule has 1 unspecified atom stereocenters. The van der Waals surface area contributed by atoms with Crippen molar-refractivity contribution in [2.24, 2.45) is 11.7 Å². The molecule has 20 heavy (non-hydrogen) atoms. The Morgan fingerprint density at radius 3 is 2.55 bits per heavy atom. The van der Waals surface area contributed by atoms with Gasteiger partial charge in [-0.1, -0.05) is 26.0 Å². The zero-order valence-electron chi connectivity index (χ0n) is 12.3. The smallest absolute Gasteiger partial charge is 0.251 e. The number of carbonyl (C=O) groups excluding carboxylic acids is 2. The Bertz CT molecular complexity index is 472. The Hall–Kier alpha value is -1.88. The Morgan fingerprint density at radius 2 is 1.95 bits per heavy atom. The molecule has 0 spiro atoms. The highest BCUT2D eigenvalue weighted by Gasteiger charge is 2.16. The third-order valence-electron chi connectivity index (χ3n) is 2.85. The molecule has 1 atom stereocenters. The highest BCUT2D eigenvalue weighted by molar-refractivity contribution is 5.97. The van der Waals surface area contributed by atoms with Crippen LogP contribution in [-0.4, -0.2) is 24.4 Å². The molecule has 1 aromatic carbocycles. The molecule has 0 heterocycles. The van der Waals surface area contributed by atoms with Crippen LogP contribution >= 0.6 is 0 Å². The van der Waals surface area contributed by atoms with Crippen LogP contribution in [0.4, 0.5) is 0 Å². The zero-order chi connectivity index (χ0) is 15.1. The van der Waals surface area contributed by atoms with E-state index >= 15 is 0 Å². The molecule has 0 radical (unpaired) electrons. The lowest BCUT2D eigenvalue weighted by atomic mass is 10.1. The summed E-state index contributed by atoms with van der Waals surface area (Å²) in [5, 5.41) is 5.47. The van der Waals surface area contributed by atoms with Crippen molar-refractivity contribution in [3.63, 3.8) is 0 Å². The van der Waals surface area contributed by atoms with Gasteiger partial charge in [0.15, 0.2) is 0 Å². The van der Waals surface area contributed by atoms with E-state index in [4.69, 9.17) is 5.73 Å². The molecule has 1 rings (SSSR count). The number of hydrogen-bond donors (Lipinski definition) is 3. The molecule has 0 aliphatic heterocycles. The van der Waals surface area contributed by atoms with Gasteiger partial charge in [-0.15, -0.1) is 0 Å². The van der Waals surface area contributed by atoms with Crippen LogP contribution in [0.5, 0.6) is 0 Å². The number of hydrogen-bond acceptors (Lipinski definition) is 3. The summed E-state index contributed by atoms with van der Waals surface area (Å²) in [6.45, 7) is 6.68. The lowest BCUT2D eigenvalue weighted by molar-refractivity contribution is -0.122. The quantitative estimate of drug-likeness (QED) is 0.726. The Labute approximate surface area is 119 Å². The average molecular weight is 277 g/mol. The van der Waals surface area contributed by atoms with Crippen molar-refractivity contribution in [1.82, 2.24) is 10.6 Å². The molecule has 0 aliphatic carbocycles. The molecule has 110 valence electrons. The molecule has 0 aromatic heterocycles. The van der Waals surface area contributed by atoms with Crippen molar-refractivity contribution < 1.29 is 9.59 Å². The van der Waals surface area contributed by atoms with E-state index in [0.29, 0.717) is 24.6 Å². The summed E-state index contributed by atoms with van der Waals surface area (Å²) in [4.78, 5) is 23.8. The second kappa shape index (κ2) is 7.65. The first-order valence-corrected chi connectivity index (χ1v) is 6.81. The summed E-state index contributed by atoms with van der Waals surface area (Å²) in [6, 6.07) is 6.50. The van der Waals surface area contributed by atoms with E-state index in [1.165, 1.54) is 0 Å². The molecular weight excluding hydrogens is 254 g/mol. The fraction of sp³-hybridized carbons (Fsp3) is 0.467. The normalized spacial score (nSPS) is 12.1. The average Bonchev–Trinajstić information content (AvgIpc) is 2.44. The number of amides is 2. The Balaban J connectivity index is 2.58. The first kappa shape index (κ1) is 16.2.